The predicted molar refractivity (Wildman–Crippen MR) is 66.7 cm³/mol. The van der Waals surface area contributed by atoms with Gasteiger partial charge in [0.2, 0.25) is 6.10 Å². The predicted octanol–water partition coefficient (Wildman–Crippen LogP) is 0.632. The molecule has 19 heavy (non-hydrogen) atoms. The van der Waals surface area contributed by atoms with E-state index in [4.69, 9.17) is 26.9 Å². The van der Waals surface area contributed by atoms with Crippen molar-refractivity contribution in [2.24, 2.45) is 5.84 Å². The van der Waals surface area contributed by atoms with Gasteiger partial charge in [0, 0.05) is 19.2 Å². The smallest absolute Gasteiger partial charge is 0.288 e. The fourth-order valence-corrected chi connectivity index (χ4v) is 1.52. The number of hydrogen-bond donors (Lipinski definition) is 2. The molecule has 1 aromatic rings. The first-order valence-corrected chi connectivity index (χ1v) is 5.47. The molecule has 1 rings (SSSR count). The molecule has 0 aliphatic rings. The minimum absolute atomic E-state index is 0.0301. The zero-order chi connectivity index (χ0) is 14.4. The summed E-state index contributed by atoms with van der Waals surface area (Å²) in [6.07, 6.45) is -0.979. The van der Waals surface area contributed by atoms with E-state index in [0.29, 0.717) is 0 Å². The van der Waals surface area contributed by atoms with Crippen LogP contribution in [0.15, 0.2) is 18.2 Å². The van der Waals surface area contributed by atoms with Crippen molar-refractivity contribution in [3.05, 3.63) is 33.3 Å². The number of carbonyl (C=O) groups is 1. The summed E-state index contributed by atoms with van der Waals surface area (Å²) in [5.41, 5.74) is 1.68. The second-order valence-electron chi connectivity index (χ2n) is 3.44. The van der Waals surface area contributed by atoms with Crippen LogP contribution in [0.2, 0.25) is 5.02 Å². The zero-order valence-corrected chi connectivity index (χ0v) is 10.7. The van der Waals surface area contributed by atoms with Crippen LogP contribution in [0.4, 0.5) is 5.69 Å². The van der Waals surface area contributed by atoms with E-state index in [1.165, 1.54) is 25.3 Å². The molecule has 0 aliphatic carbocycles. The third kappa shape index (κ3) is 4.05. The Bertz CT molecular complexity index is 482. The number of methoxy groups -OCH3 is 1. The average molecular weight is 290 g/mol. The number of carbonyl (C=O) groups excluding carboxylic acids is 1. The van der Waals surface area contributed by atoms with E-state index in [-0.39, 0.29) is 23.1 Å². The van der Waals surface area contributed by atoms with Gasteiger partial charge < -0.3 is 9.47 Å². The largest absolute Gasteiger partial charge is 0.478 e. The van der Waals surface area contributed by atoms with Gasteiger partial charge >= 0.3 is 0 Å². The Labute approximate surface area is 113 Å². The van der Waals surface area contributed by atoms with E-state index in [1.54, 1.807) is 0 Å². The highest BCUT2D eigenvalue weighted by Crippen LogP contribution is 2.28. The van der Waals surface area contributed by atoms with Crippen molar-refractivity contribution in [2.45, 2.75) is 6.10 Å². The van der Waals surface area contributed by atoms with Gasteiger partial charge in [-0.1, -0.05) is 11.6 Å². The van der Waals surface area contributed by atoms with E-state index in [9.17, 15) is 14.9 Å². The number of rotatable bonds is 6. The van der Waals surface area contributed by atoms with Crippen LogP contribution in [-0.4, -0.2) is 30.7 Å². The Morgan fingerprint density at radius 1 is 1.63 bits per heavy atom. The molecule has 3 N–H and O–H groups in total. The second kappa shape index (κ2) is 6.88. The summed E-state index contributed by atoms with van der Waals surface area (Å²) in [5.74, 6) is 4.61. The number of nitrogens with one attached hydrogen (secondary N) is 1. The monoisotopic (exact) mass is 289 g/mol. The summed E-state index contributed by atoms with van der Waals surface area (Å²) in [4.78, 5) is 21.4. The Balaban J connectivity index is 2.88. The highest BCUT2D eigenvalue weighted by Gasteiger charge is 2.21. The summed E-state index contributed by atoms with van der Waals surface area (Å²) < 4.78 is 10.1. The topological polar surface area (TPSA) is 117 Å². The lowest BCUT2D eigenvalue weighted by atomic mass is 10.3. The molecule has 8 nitrogen and oxygen atoms in total. The minimum Gasteiger partial charge on any atom is -0.478 e. The SMILES string of the molecule is COCC(Oc1ccc([N+](=O)[O-])c(Cl)c1)C(=O)NN. The van der Waals surface area contributed by atoms with Crippen molar-refractivity contribution in [2.75, 3.05) is 13.7 Å². The maximum atomic E-state index is 11.4. The zero-order valence-electron chi connectivity index (χ0n) is 9.96. The van der Waals surface area contributed by atoms with E-state index in [0.717, 1.165) is 0 Å². The van der Waals surface area contributed by atoms with E-state index in [2.05, 4.69) is 0 Å². The van der Waals surface area contributed by atoms with Crippen LogP contribution in [0, 0.1) is 10.1 Å². The molecule has 0 heterocycles. The number of nitrogens with zero attached hydrogens (tertiary/aromatic N) is 1. The molecule has 0 fully saturated rings. The fraction of sp³-hybridized carbons (Fsp3) is 0.300. The van der Waals surface area contributed by atoms with Crippen LogP contribution in [0.1, 0.15) is 0 Å². The molecule has 1 amide bonds. The number of ether oxygens (including phenoxy) is 2. The number of halogens is 1. The molecule has 0 bridgehead atoms. The molecule has 0 aromatic heterocycles. The molecular formula is C10H12ClN3O5. The van der Waals surface area contributed by atoms with Gasteiger partial charge in [0.15, 0.2) is 0 Å². The molecule has 0 radical (unpaired) electrons. The Hall–Kier alpha value is -1.90. The van der Waals surface area contributed by atoms with Crippen molar-refractivity contribution < 1.29 is 19.2 Å². The number of benzene rings is 1. The number of hydrazine groups is 1. The van der Waals surface area contributed by atoms with Gasteiger partial charge in [-0.15, -0.1) is 0 Å². The maximum absolute atomic E-state index is 11.4. The van der Waals surface area contributed by atoms with Gasteiger partial charge in [0.05, 0.1) is 11.5 Å². The molecule has 9 heteroatoms. The molecule has 104 valence electrons. The molecule has 0 spiro atoms. The van der Waals surface area contributed by atoms with Gasteiger partial charge in [-0.25, -0.2) is 5.84 Å². The second-order valence-corrected chi connectivity index (χ2v) is 3.85. The number of nitrogens with two attached hydrogens (primary N) is 1. The lowest BCUT2D eigenvalue weighted by molar-refractivity contribution is -0.384. The van der Waals surface area contributed by atoms with Crippen LogP contribution >= 0.6 is 11.6 Å². The Morgan fingerprint density at radius 3 is 2.79 bits per heavy atom. The van der Waals surface area contributed by atoms with Gasteiger partial charge in [0.1, 0.15) is 10.8 Å². The lowest BCUT2D eigenvalue weighted by Gasteiger charge is -2.16. The maximum Gasteiger partial charge on any atom is 0.288 e. The quantitative estimate of drug-likeness (QED) is 0.343. The molecule has 0 aliphatic heterocycles. The van der Waals surface area contributed by atoms with Gasteiger partial charge in [0.25, 0.3) is 11.6 Å². The molecule has 1 aromatic carbocycles. The van der Waals surface area contributed by atoms with E-state index >= 15 is 0 Å². The minimum atomic E-state index is -0.979. The first-order chi connectivity index (χ1) is 8.99. The number of nitro benzene ring substituents is 1. The summed E-state index contributed by atoms with van der Waals surface area (Å²) in [6, 6.07) is 3.75. The number of hydrogen-bond acceptors (Lipinski definition) is 6. The van der Waals surface area contributed by atoms with Crippen LogP contribution in [0.25, 0.3) is 0 Å². The number of amides is 1. The molecular weight excluding hydrogens is 278 g/mol. The molecule has 0 saturated heterocycles. The van der Waals surface area contributed by atoms with Crippen LogP contribution in [0.3, 0.4) is 0 Å². The highest BCUT2D eigenvalue weighted by molar-refractivity contribution is 6.32. The van der Waals surface area contributed by atoms with Gasteiger partial charge in [-0.2, -0.15) is 0 Å². The van der Waals surface area contributed by atoms with Crippen molar-refractivity contribution in [3.8, 4) is 5.75 Å². The van der Waals surface area contributed by atoms with Crippen molar-refractivity contribution in [1.29, 1.82) is 0 Å². The highest BCUT2D eigenvalue weighted by atomic mass is 35.5. The van der Waals surface area contributed by atoms with Crippen LogP contribution in [-0.2, 0) is 9.53 Å². The van der Waals surface area contributed by atoms with E-state index in [1.807, 2.05) is 5.43 Å². The van der Waals surface area contributed by atoms with Crippen molar-refractivity contribution >= 4 is 23.2 Å². The third-order valence-electron chi connectivity index (χ3n) is 2.15. The molecule has 1 unspecified atom stereocenters. The van der Waals surface area contributed by atoms with E-state index < -0.39 is 16.9 Å². The van der Waals surface area contributed by atoms with Crippen LogP contribution in [0.5, 0.6) is 5.75 Å². The normalized spacial score (nSPS) is 11.7. The van der Waals surface area contributed by atoms with Gasteiger partial charge in [-0.05, 0) is 6.07 Å². The Morgan fingerprint density at radius 2 is 2.32 bits per heavy atom. The van der Waals surface area contributed by atoms with Crippen molar-refractivity contribution in [3.63, 3.8) is 0 Å². The summed E-state index contributed by atoms with van der Waals surface area (Å²) in [5, 5.41) is 10.5. The first-order valence-electron chi connectivity index (χ1n) is 5.09. The summed E-state index contributed by atoms with van der Waals surface area (Å²) >= 11 is 5.72. The first kappa shape index (κ1) is 15.2. The fourth-order valence-electron chi connectivity index (χ4n) is 1.28. The summed E-state index contributed by atoms with van der Waals surface area (Å²) in [7, 11) is 1.39. The van der Waals surface area contributed by atoms with Crippen LogP contribution < -0.4 is 16.0 Å². The average Bonchev–Trinajstić information content (AvgIpc) is 2.37. The van der Waals surface area contributed by atoms with Gasteiger partial charge in [-0.3, -0.25) is 20.3 Å². The van der Waals surface area contributed by atoms with Crippen molar-refractivity contribution in [1.82, 2.24) is 5.43 Å². The molecule has 1 atom stereocenters. The summed E-state index contributed by atoms with van der Waals surface area (Å²) in [6.45, 7) is -0.0301. The number of nitro groups is 1. The lowest BCUT2D eigenvalue weighted by Crippen LogP contribution is -2.44. The standard InChI is InChI=1S/C10H12ClN3O5/c1-18-5-9(10(15)13-12)19-6-2-3-8(14(16)17)7(11)4-6/h2-4,9H,5,12H2,1H3,(H,13,15). The Kier molecular flexibility index (Phi) is 5.49. The third-order valence-corrected chi connectivity index (χ3v) is 2.45. The molecule has 0 saturated carbocycles.